The highest BCUT2D eigenvalue weighted by molar-refractivity contribution is 5.38. The number of benzene rings is 1. The van der Waals surface area contributed by atoms with Gasteiger partial charge in [-0.05, 0) is 23.8 Å². The average Bonchev–Trinajstić information content (AvgIpc) is 2.32. The van der Waals surface area contributed by atoms with Gasteiger partial charge in [0, 0.05) is 6.07 Å². The van der Waals surface area contributed by atoms with Crippen LogP contribution in [0.25, 0.3) is 0 Å². The van der Waals surface area contributed by atoms with Crippen LogP contribution in [0.2, 0.25) is 0 Å². The molecule has 4 nitrogen and oxygen atoms in total. The number of hydrogen-bond acceptors (Lipinski definition) is 4. The maximum Gasteiger partial charge on any atom is 0.219 e. The molecule has 0 saturated carbocycles. The van der Waals surface area contributed by atoms with E-state index in [1.165, 1.54) is 6.20 Å². The molecule has 2 aromatic rings. The number of hydrogen-bond donors (Lipinski definition) is 2. The first-order valence-electron chi connectivity index (χ1n) is 4.87. The Labute approximate surface area is 93.3 Å². The fourth-order valence-corrected chi connectivity index (χ4v) is 1.28. The summed E-state index contributed by atoms with van der Waals surface area (Å²) in [5, 5.41) is 8.98. The molecule has 0 amide bonds. The van der Waals surface area contributed by atoms with E-state index in [1.54, 1.807) is 24.3 Å². The molecule has 0 atom stereocenters. The standard InChI is InChI=1S/C12H12N2O2/c13-10-4-5-12(14-7-10)16-11-3-1-2-9(6-11)8-15/h1-7,15H,8,13H2. The van der Waals surface area contributed by atoms with Crippen LogP contribution in [0, 0.1) is 0 Å². The number of aliphatic hydroxyl groups is 1. The van der Waals surface area contributed by atoms with E-state index in [-0.39, 0.29) is 6.61 Å². The van der Waals surface area contributed by atoms with Gasteiger partial charge in [-0.1, -0.05) is 12.1 Å². The van der Waals surface area contributed by atoms with Gasteiger partial charge < -0.3 is 15.6 Å². The van der Waals surface area contributed by atoms with Gasteiger partial charge in [0.1, 0.15) is 5.75 Å². The van der Waals surface area contributed by atoms with E-state index in [2.05, 4.69) is 4.98 Å². The zero-order chi connectivity index (χ0) is 11.4. The SMILES string of the molecule is Nc1ccc(Oc2cccc(CO)c2)nc1. The van der Waals surface area contributed by atoms with Crippen LogP contribution in [0.3, 0.4) is 0 Å². The highest BCUT2D eigenvalue weighted by Gasteiger charge is 1.99. The first-order valence-corrected chi connectivity index (χ1v) is 4.87. The van der Waals surface area contributed by atoms with Gasteiger partial charge in [-0.3, -0.25) is 0 Å². The van der Waals surface area contributed by atoms with Crippen LogP contribution in [-0.2, 0) is 6.61 Å². The summed E-state index contributed by atoms with van der Waals surface area (Å²) in [7, 11) is 0. The first-order chi connectivity index (χ1) is 7.78. The lowest BCUT2D eigenvalue weighted by atomic mass is 10.2. The van der Waals surface area contributed by atoms with E-state index >= 15 is 0 Å². The van der Waals surface area contributed by atoms with Crippen LogP contribution < -0.4 is 10.5 Å². The Kier molecular flexibility index (Phi) is 3.03. The smallest absolute Gasteiger partial charge is 0.219 e. The largest absolute Gasteiger partial charge is 0.439 e. The Hall–Kier alpha value is -2.07. The molecular formula is C12H12N2O2. The van der Waals surface area contributed by atoms with Crippen LogP contribution in [0.5, 0.6) is 11.6 Å². The van der Waals surface area contributed by atoms with Crippen molar-refractivity contribution in [1.82, 2.24) is 4.98 Å². The lowest BCUT2D eigenvalue weighted by Crippen LogP contribution is -1.91. The lowest BCUT2D eigenvalue weighted by molar-refractivity contribution is 0.281. The van der Waals surface area contributed by atoms with Gasteiger partial charge in [-0.15, -0.1) is 0 Å². The molecule has 2 rings (SSSR count). The highest BCUT2D eigenvalue weighted by atomic mass is 16.5. The Bertz CT molecular complexity index is 469. The van der Waals surface area contributed by atoms with E-state index in [4.69, 9.17) is 15.6 Å². The van der Waals surface area contributed by atoms with Gasteiger partial charge in [0.15, 0.2) is 0 Å². The number of pyridine rings is 1. The van der Waals surface area contributed by atoms with E-state index in [0.717, 1.165) is 5.56 Å². The van der Waals surface area contributed by atoms with Gasteiger partial charge in [-0.25, -0.2) is 4.98 Å². The molecule has 0 saturated heterocycles. The number of aromatic nitrogens is 1. The molecule has 0 bridgehead atoms. The molecule has 1 heterocycles. The summed E-state index contributed by atoms with van der Waals surface area (Å²) in [5.74, 6) is 1.12. The summed E-state index contributed by atoms with van der Waals surface area (Å²) in [5.41, 5.74) is 6.91. The third-order valence-electron chi connectivity index (χ3n) is 2.06. The Morgan fingerprint density at radius 1 is 1.25 bits per heavy atom. The zero-order valence-electron chi connectivity index (χ0n) is 8.63. The van der Waals surface area contributed by atoms with Crippen molar-refractivity contribution in [2.24, 2.45) is 0 Å². The predicted octanol–water partition coefficient (Wildman–Crippen LogP) is 1.95. The maximum absolute atomic E-state index is 8.98. The van der Waals surface area contributed by atoms with Crippen LogP contribution in [0.15, 0.2) is 42.6 Å². The van der Waals surface area contributed by atoms with Crippen LogP contribution in [0.1, 0.15) is 5.56 Å². The second-order valence-electron chi connectivity index (χ2n) is 3.34. The average molecular weight is 216 g/mol. The van der Waals surface area contributed by atoms with Crippen molar-refractivity contribution >= 4 is 5.69 Å². The third kappa shape index (κ3) is 2.49. The summed E-state index contributed by atoms with van der Waals surface area (Å²) < 4.78 is 5.50. The minimum Gasteiger partial charge on any atom is -0.439 e. The van der Waals surface area contributed by atoms with Crippen molar-refractivity contribution in [1.29, 1.82) is 0 Å². The number of anilines is 1. The molecule has 0 aliphatic carbocycles. The quantitative estimate of drug-likeness (QED) is 0.822. The number of nitrogens with two attached hydrogens (primary N) is 1. The summed E-state index contributed by atoms with van der Waals surface area (Å²) in [6.45, 7) is -0.00757. The topological polar surface area (TPSA) is 68.4 Å². The van der Waals surface area contributed by atoms with Crippen LogP contribution in [-0.4, -0.2) is 10.1 Å². The summed E-state index contributed by atoms with van der Waals surface area (Å²) in [4.78, 5) is 4.02. The molecule has 82 valence electrons. The zero-order valence-corrected chi connectivity index (χ0v) is 8.63. The first kappa shape index (κ1) is 10.4. The van der Waals surface area contributed by atoms with E-state index in [9.17, 15) is 0 Å². The molecule has 4 heteroatoms. The molecule has 0 unspecified atom stereocenters. The fraction of sp³-hybridized carbons (Fsp3) is 0.0833. The van der Waals surface area contributed by atoms with E-state index < -0.39 is 0 Å². The maximum atomic E-state index is 8.98. The molecule has 0 aliphatic heterocycles. The normalized spacial score (nSPS) is 10.1. The number of rotatable bonds is 3. The molecular weight excluding hydrogens is 204 g/mol. The molecule has 0 radical (unpaired) electrons. The minimum atomic E-state index is -0.00757. The van der Waals surface area contributed by atoms with Crippen LogP contribution >= 0.6 is 0 Å². The van der Waals surface area contributed by atoms with Crippen molar-refractivity contribution in [3.8, 4) is 11.6 Å². The van der Waals surface area contributed by atoms with Crippen molar-refractivity contribution in [3.63, 3.8) is 0 Å². The van der Waals surface area contributed by atoms with Crippen molar-refractivity contribution in [2.75, 3.05) is 5.73 Å². The van der Waals surface area contributed by atoms with Gasteiger partial charge in [0.2, 0.25) is 5.88 Å². The predicted molar refractivity (Wildman–Crippen MR) is 61.1 cm³/mol. The van der Waals surface area contributed by atoms with E-state index in [0.29, 0.717) is 17.3 Å². The molecule has 0 aliphatic rings. The lowest BCUT2D eigenvalue weighted by Gasteiger charge is -2.05. The van der Waals surface area contributed by atoms with Gasteiger partial charge in [0.25, 0.3) is 0 Å². The van der Waals surface area contributed by atoms with E-state index in [1.807, 2.05) is 12.1 Å². The molecule has 0 fully saturated rings. The Morgan fingerprint density at radius 2 is 2.12 bits per heavy atom. The Balaban J connectivity index is 2.16. The number of aliphatic hydroxyl groups excluding tert-OH is 1. The second kappa shape index (κ2) is 4.63. The van der Waals surface area contributed by atoms with Gasteiger partial charge >= 0.3 is 0 Å². The van der Waals surface area contributed by atoms with Crippen molar-refractivity contribution in [2.45, 2.75) is 6.61 Å². The molecule has 3 N–H and O–H groups in total. The molecule has 16 heavy (non-hydrogen) atoms. The monoisotopic (exact) mass is 216 g/mol. The second-order valence-corrected chi connectivity index (χ2v) is 3.34. The Morgan fingerprint density at radius 3 is 2.81 bits per heavy atom. The molecule has 1 aromatic carbocycles. The van der Waals surface area contributed by atoms with Gasteiger partial charge in [0.05, 0.1) is 18.5 Å². The number of nitrogens with zero attached hydrogens (tertiary/aromatic N) is 1. The van der Waals surface area contributed by atoms with Crippen molar-refractivity contribution < 1.29 is 9.84 Å². The molecule has 1 aromatic heterocycles. The third-order valence-corrected chi connectivity index (χ3v) is 2.06. The minimum absolute atomic E-state index is 0.00757. The summed E-state index contributed by atoms with van der Waals surface area (Å²) in [6.07, 6.45) is 1.53. The molecule has 0 spiro atoms. The van der Waals surface area contributed by atoms with Crippen molar-refractivity contribution in [3.05, 3.63) is 48.2 Å². The highest BCUT2D eigenvalue weighted by Crippen LogP contribution is 2.20. The fourth-order valence-electron chi connectivity index (χ4n) is 1.28. The summed E-state index contributed by atoms with van der Waals surface area (Å²) >= 11 is 0. The number of nitrogen functional groups attached to an aromatic ring is 1. The van der Waals surface area contributed by atoms with Crippen LogP contribution in [0.4, 0.5) is 5.69 Å². The van der Waals surface area contributed by atoms with Gasteiger partial charge in [-0.2, -0.15) is 0 Å². The summed E-state index contributed by atoms with van der Waals surface area (Å²) in [6, 6.07) is 10.6. The number of ether oxygens (including phenoxy) is 1.